The van der Waals surface area contributed by atoms with Crippen LogP contribution in [-0.4, -0.2) is 32.3 Å². The molecule has 1 rings (SSSR count). The van der Waals surface area contributed by atoms with Gasteiger partial charge in [-0.15, -0.1) is 0 Å². The van der Waals surface area contributed by atoms with Gasteiger partial charge in [0.15, 0.2) is 0 Å². The van der Waals surface area contributed by atoms with Crippen LogP contribution in [0, 0.1) is 0 Å². The van der Waals surface area contributed by atoms with Crippen LogP contribution >= 0.6 is 11.6 Å². The van der Waals surface area contributed by atoms with Crippen LogP contribution in [0.25, 0.3) is 0 Å². The smallest absolute Gasteiger partial charge is 0.263 e. The highest BCUT2D eigenvalue weighted by Gasteiger charge is 2.41. The third kappa shape index (κ3) is 3.53. The van der Waals surface area contributed by atoms with Crippen molar-refractivity contribution in [1.29, 1.82) is 0 Å². The zero-order chi connectivity index (χ0) is 14.0. The fourth-order valence-electron chi connectivity index (χ4n) is 0.907. The number of aromatic nitrogens is 1. The number of alkyl halides is 4. The van der Waals surface area contributed by atoms with E-state index in [-0.39, 0.29) is 5.02 Å². The standard InChI is InChI=1S/C8H7ClF4N2O2S/c9-5-1-2-14-3-6(5)18(16,17)15-4-8(12,13)7(10)11/h1-3,7,15H,4H2. The maximum Gasteiger partial charge on any atom is 0.320 e. The molecule has 0 radical (unpaired) electrons. The van der Waals surface area contributed by atoms with Crippen molar-refractivity contribution in [3.63, 3.8) is 0 Å². The van der Waals surface area contributed by atoms with Crippen molar-refractivity contribution in [2.24, 2.45) is 0 Å². The van der Waals surface area contributed by atoms with Gasteiger partial charge in [0, 0.05) is 12.4 Å². The van der Waals surface area contributed by atoms with Gasteiger partial charge in [0.25, 0.3) is 0 Å². The summed E-state index contributed by atoms with van der Waals surface area (Å²) >= 11 is 5.53. The number of hydrogen-bond acceptors (Lipinski definition) is 3. The largest absolute Gasteiger partial charge is 0.320 e. The minimum absolute atomic E-state index is 0.252. The Morgan fingerprint density at radius 3 is 2.56 bits per heavy atom. The van der Waals surface area contributed by atoms with Crippen molar-refractivity contribution in [1.82, 2.24) is 9.71 Å². The molecule has 102 valence electrons. The molecule has 0 spiro atoms. The van der Waals surface area contributed by atoms with E-state index >= 15 is 0 Å². The lowest BCUT2D eigenvalue weighted by molar-refractivity contribution is -0.122. The molecule has 1 aromatic rings. The molecule has 1 aromatic heterocycles. The third-order valence-corrected chi connectivity index (χ3v) is 3.71. The quantitative estimate of drug-likeness (QED) is 0.846. The first-order valence-corrected chi connectivity index (χ1v) is 6.28. The van der Waals surface area contributed by atoms with Crippen molar-refractivity contribution in [3.05, 3.63) is 23.5 Å². The van der Waals surface area contributed by atoms with Crippen molar-refractivity contribution < 1.29 is 26.0 Å². The molecule has 0 saturated heterocycles. The van der Waals surface area contributed by atoms with Crippen LogP contribution in [0.4, 0.5) is 17.6 Å². The highest BCUT2D eigenvalue weighted by molar-refractivity contribution is 7.89. The molecular weight excluding hydrogens is 300 g/mol. The molecule has 0 saturated carbocycles. The van der Waals surface area contributed by atoms with Gasteiger partial charge >= 0.3 is 12.3 Å². The molecule has 18 heavy (non-hydrogen) atoms. The molecule has 0 unspecified atom stereocenters. The van der Waals surface area contributed by atoms with Gasteiger partial charge in [-0.3, -0.25) is 4.98 Å². The summed E-state index contributed by atoms with van der Waals surface area (Å²) in [5, 5.41) is -0.252. The second-order valence-corrected chi connectivity index (χ2v) is 5.33. The lowest BCUT2D eigenvalue weighted by atomic mass is 10.4. The number of nitrogens with zero attached hydrogens (tertiary/aromatic N) is 1. The van der Waals surface area contributed by atoms with E-state index < -0.39 is 33.8 Å². The summed E-state index contributed by atoms with van der Waals surface area (Å²) in [7, 11) is -4.42. The van der Waals surface area contributed by atoms with Crippen LogP contribution < -0.4 is 4.72 Å². The summed E-state index contributed by atoms with van der Waals surface area (Å²) in [6.07, 6.45) is -1.95. The van der Waals surface area contributed by atoms with Gasteiger partial charge in [0.1, 0.15) is 4.90 Å². The Labute approximate surface area is 105 Å². The molecule has 0 aliphatic carbocycles. The van der Waals surface area contributed by atoms with Crippen LogP contribution in [0.5, 0.6) is 0 Å². The topological polar surface area (TPSA) is 59.1 Å². The maximum absolute atomic E-state index is 12.6. The Morgan fingerprint density at radius 1 is 1.44 bits per heavy atom. The summed E-state index contributed by atoms with van der Waals surface area (Å²) in [6.45, 7) is -1.72. The lowest BCUT2D eigenvalue weighted by Crippen LogP contribution is -2.41. The predicted molar refractivity (Wildman–Crippen MR) is 55.4 cm³/mol. The van der Waals surface area contributed by atoms with Gasteiger partial charge in [0.05, 0.1) is 11.6 Å². The molecule has 0 fully saturated rings. The minimum Gasteiger partial charge on any atom is -0.263 e. The molecule has 0 aromatic carbocycles. The fraction of sp³-hybridized carbons (Fsp3) is 0.375. The van der Waals surface area contributed by atoms with Crippen molar-refractivity contribution >= 4 is 21.6 Å². The van der Waals surface area contributed by atoms with Crippen molar-refractivity contribution in [3.8, 4) is 0 Å². The number of sulfonamides is 1. The molecule has 0 amide bonds. The number of nitrogens with one attached hydrogen (secondary N) is 1. The van der Waals surface area contributed by atoms with Gasteiger partial charge in [-0.1, -0.05) is 11.6 Å². The second kappa shape index (κ2) is 5.37. The highest BCUT2D eigenvalue weighted by Crippen LogP contribution is 2.24. The molecule has 0 aliphatic rings. The SMILES string of the molecule is O=S(=O)(NCC(F)(F)C(F)F)c1cnccc1Cl. The fourth-order valence-corrected chi connectivity index (χ4v) is 2.38. The van der Waals surface area contributed by atoms with Gasteiger partial charge < -0.3 is 0 Å². The van der Waals surface area contributed by atoms with Crippen molar-refractivity contribution in [2.45, 2.75) is 17.2 Å². The van der Waals surface area contributed by atoms with E-state index in [0.29, 0.717) is 0 Å². The summed E-state index contributed by atoms with van der Waals surface area (Å²) in [5.74, 6) is -4.46. The van der Waals surface area contributed by atoms with Gasteiger partial charge in [-0.05, 0) is 6.07 Å². The van der Waals surface area contributed by atoms with E-state index in [1.54, 1.807) is 0 Å². The molecule has 1 N–H and O–H groups in total. The predicted octanol–water partition coefficient (Wildman–Crippen LogP) is 1.91. The van der Waals surface area contributed by atoms with Gasteiger partial charge in [-0.2, -0.15) is 8.78 Å². The molecule has 0 bridgehead atoms. The van der Waals surface area contributed by atoms with Crippen LogP contribution in [-0.2, 0) is 10.0 Å². The molecule has 1 heterocycles. The van der Waals surface area contributed by atoms with Gasteiger partial charge in [-0.25, -0.2) is 21.9 Å². The summed E-state index contributed by atoms with van der Waals surface area (Å²) in [6, 6.07) is 1.13. The van der Waals surface area contributed by atoms with E-state index in [0.717, 1.165) is 12.3 Å². The second-order valence-electron chi connectivity index (χ2n) is 3.19. The number of rotatable bonds is 5. The van der Waals surface area contributed by atoms with Crippen LogP contribution in [0.3, 0.4) is 0 Å². The normalized spacial score (nSPS) is 13.0. The number of halogens is 5. The first-order valence-electron chi connectivity index (χ1n) is 4.42. The van der Waals surface area contributed by atoms with Crippen LogP contribution in [0.2, 0.25) is 5.02 Å². The third-order valence-electron chi connectivity index (χ3n) is 1.84. The molecule has 4 nitrogen and oxygen atoms in total. The molecule has 10 heteroatoms. The van der Waals surface area contributed by atoms with E-state index in [4.69, 9.17) is 11.6 Å². The zero-order valence-corrected chi connectivity index (χ0v) is 10.2. The summed E-state index contributed by atoms with van der Waals surface area (Å²) in [4.78, 5) is 2.89. The lowest BCUT2D eigenvalue weighted by Gasteiger charge is -2.16. The number of hydrogen-bond donors (Lipinski definition) is 1. The highest BCUT2D eigenvalue weighted by atomic mass is 35.5. The Morgan fingerprint density at radius 2 is 2.06 bits per heavy atom. The first-order chi connectivity index (χ1) is 8.17. The van der Waals surface area contributed by atoms with Crippen LogP contribution in [0.15, 0.2) is 23.4 Å². The minimum atomic E-state index is -4.46. The van der Waals surface area contributed by atoms with E-state index in [1.165, 1.54) is 10.9 Å². The average molecular weight is 307 g/mol. The monoisotopic (exact) mass is 306 g/mol. The zero-order valence-electron chi connectivity index (χ0n) is 8.58. The van der Waals surface area contributed by atoms with E-state index in [2.05, 4.69) is 4.98 Å². The van der Waals surface area contributed by atoms with Crippen molar-refractivity contribution in [2.75, 3.05) is 6.54 Å². The Bertz CT molecular complexity index is 524. The first kappa shape index (κ1) is 15.1. The summed E-state index contributed by atoms with van der Waals surface area (Å²) in [5.41, 5.74) is 0. The van der Waals surface area contributed by atoms with E-state index in [1.807, 2.05) is 0 Å². The molecule has 0 atom stereocenters. The maximum atomic E-state index is 12.6. The summed E-state index contributed by atoms with van der Waals surface area (Å²) < 4.78 is 73.2. The van der Waals surface area contributed by atoms with Gasteiger partial charge in [0.2, 0.25) is 10.0 Å². The molecular formula is C8H7ClF4N2O2S. The molecule has 0 aliphatic heterocycles. The van der Waals surface area contributed by atoms with Crippen LogP contribution in [0.1, 0.15) is 0 Å². The average Bonchev–Trinajstić information content (AvgIpc) is 2.27. The Kier molecular flexibility index (Phi) is 4.51. The Balaban J connectivity index is 2.88. The van der Waals surface area contributed by atoms with E-state index in [9.17, 15) is 26.0 Å². The Hall–Kier alpha value is -0.930. The number of pyridine rings is 1.